The second-order valence-electron chi connectivity index (χ2n) is 7.17. The first-order valence-corrected chi connectivity index (χ1v) is 9.18. The van der Waals surface area contributed by atoms with E-state index in [-0.39, 0.29) is 30.0 Å². The van der Waals surface area contributed by atoms with E-state index in [9.17, 15) is 9.59 Å². The van der Waals surface area contributed by atoms with Gasteiger partial charge in [0, 0.05) is 38.4 Å². The minimum absolute atomic E-state index is 0.0886. The molecule has 0 spiro atoms. The highest BCUT2D eigenvalue weighted by atomic mass is 16.5. The van der Waals surface area contributed by atoms with Crippen molar-refractivity contribution in [1.29, 1.82) is 0 Å². The number of piperazine rings is 1. The molecule has 7 heteroatoms. The molecule has 0 saturated carbocycles. The lowest BCUT2D eigenvalue weighted by Crippen LogP contribution is -2.56. The van der Waals surface area contributed by atoms with Crippen molar-refractivity contribution in [1.82, 2.24) is 20.2 Å². The number of aromatic nitrogens is 2. The Morgan fingerprint density at radius 2 is 2.11 bits per heavy atom. The summed E-state index contributed by atoms with van der Waals surface area (Å²) in [4.78, 5) is 33.6. The molecule has 1 aromatic heterocycles. The number of H-pyrrole nitrogens is 1. The van der Waals surface area contributed by atoms with Gasteiger partial charge in [-0.05, 0) is 17.5 Å². The van der Waals surface area contributed by atoms with E-state index in [0.29, 0.717) is 24.6 Å². The molecule has 1 atom stereocenters. The van der Waals surface area contributed by atoms with Crippen LogP contribution in [0.2, 0.25) is 0 Å². The fourth-order valence-corrected chi connectivity index (χ4v) is 3.55. The van der Waals surface area contributed by atoms with Crippen LogP contribution in [0.3, 0.4) is 0 Å². The molecule has 1 unspecified atom stereocenters. The third-order valence-corrected chi connectivity index (χ3v) is 4.66. The fourth-order valence-electron chi connectivity index (χ4n) is 3.55. The molecule has 1 fully saturated rings. The molecular formula is C20H26N4O3. The molecule has 1 aliphatic rings. The summed E-state index contributed by atoms with van der Waals surface area (Å²) in [7, 11) is 1.57. The van der Waals surface area contributed by atoms with Gasteiger partial charge < -0.3 is 15.0 Å². The molecule has 3 rings (SSSR count). The van der Waals surface area contributed by atoms with Crippen LogP contribution in [0, 0.1) is 5.92 Å². The second-order valence-corrected chi connectivity index (χ2v) is 7.17. The summed E-state index contributed by atoms with van der Waals surface area (Å²) in [6, 6.07) is 9.22. The number of aromatic amines is 1. The molecule has 0 bridgehead atoms. The van der Waals surface area contributed by atoms with Crippen LogP contribution in [0.15, 0.2) is 35.1 Å². The number of amides is 1. The van der Waals surface area contributed by atoms with Gasteiger partial charge in [0.2, 0.25) is 5.91 Å². The Morgan fingerprint density at radius 1 is 1.30 bits per heavy atom. The minimum atomic E-state index is -0.204. The van der Waals surface area contributed by atoms with Crippen molar-refractivity contribution in [3.05, 3.63) is 51.9 Å². The van der Waals surface area contributed by atoms with Gasteiger partial charge in [-0.25, -0.2) is 4.98 Å². The molecule has 27 heavy (non-hydrogen) atoms. The normalized spacial score (nSPS) is 17.9. The van der Waals surface area contributed by atoms with Crippen LogP contribution >= 0.6 is 0 Å². The number of rotatable bonds is 6. The Morgan fingerprint density at radius 3 is 2.85 bits per heavy atom. The molecule has 0 radical (unpaired) electrons. The molecule has 144 valence electrons. The Bertz CT molecular complexity index is 862. The number of carbonyl (C=O) groups excluding carboxylic acids is 1. The highest BCUT2D eigenvalue weighted by molar-refractivity contribution is 5.82. The lowest BCUT2D eigenvalue weighted by Gasteiger charge is -2.37. The SMILES string of the molecule is COCc1cc(=O)[nH]c(-c2cccc(CN3CCNC(=O)C3C(C)C)c2)n1. The number of methoxy groups -OCH3 is 1. The number of ether oxygens (including phenoxy) is 1. The first kappa shape index (κ1) is 19.3. The van der Waals surface area contributed by atoms with Gasteiger partial charge in [-0.2, -0.15) is 0 Å². The quantitative estimate of drug-likeness (QED) is 0.805. The molecule has 2 aromatic rings. The lowest BCUT2D eigenvalue weighted by molar-refractivity contribution is -0.131. The van der Waals surface area contributed by atoms with Gasteiger partial charge in [0.25, 0.3) is 5.56 Å². The van der Waals surface area contributed by atoms with Crippen LogP contribution < -0.4 is 10.9 Å². The van der Waals surface area contributed by atoms with Crippen molar-refractivity contribution in [3.8, 4) is 11.4 Å². The molecule has 1 aromatic carbocycles. The van der Waals surface area contributed by atoms with E-state index >= 15 is 0 Å². The topological polar surface area (TPSA) is 87.3 Å². The van der Waals surface area contributed by atoms with Gasteiger partial charge in [-0.3, -0.25) is 14.5 Å². The Hall–Kier alpha value is -2.51. The van der Waals surface area contributed by atoms with Crippen molar-refractivity contribution < 1.29 is 9.53 Å². The largest absolute Gasteiger partial charge is 0.378 e. The Labute approximate surface area is 158 Å². The van der Waals surface area contributed by atoms with E-state index in [1.807, 2.05) is 24.3 Å². The van der Waals surface area contributed by atoms with Crippen LogP contribution in [-0.4, -0.2) is 47.0 Å². The second kappa shape index (κ2) is 8.45. The average Bonchev–Trinajstić information content (AvgIpc) is 2.61. The summed E-state index contributed by atoms with van der Waals surface area (Å²) in [5, 5.41) is 2.95. The van der Waals surface area contributed by atoms with Gasteiger partial charge in [-0.1, -0.05) is 32.0 Å². The lowest BCUT2D eigenvalue weighted by atomic mass is 9.98. The third kappa shape index (κ3) is 4.61. The smallest absolute Gasteiger partial charge is 0.251 e. The summed E-state index contributed by atoms with van der Waals surface area (Å²) < 4.78 is 5.08. The van der Waals surface area contributed by atoms with Crippen LogP contribution in [0.5, 0.6) is 0 Å². The number of nitrogens with zero attached hydrogens (tertiary/aromatic N) is 2. The van der Waals surface area contributed by atoms with E-state index in [2.05, 4.69) is 34.0 Å². The molecule has 1 amide bonds. The van der Waals surface area contributed by atoms with Gasteiger partial charge in [0.05, 0.1) is 18.3 Å². The minimum Gasteiger partial charge on any atom is -0.378 e. The highest BCUT2D eigenvalue weighted by Crippen LogP contribution is 2.21. The summed E-state index contributed by atoms with van der Waals surface area (Å²) in [6.07, 6.45) is 0. The van der Waals surface area contributed by atoms with Crippen molar-refractivity contribution >= 4 is 5.91 Å². The maximum Gasteiger partial charge on any atom is 0.251 e. The van der Waals surface area contributed by atoms with Crippen LogP contribution in [0.1, 0.15) is 25.1 Å². The van der Waals surface area contributed by atoms with Crippen molar-refractivity contribution in [2.75, 3.05) is 20.2 Å². The van der Waals surface area contributed by atoms with E-state index in [1.54, 1.807) is 7.11 Å². The van der Waals surface area contributed by atoms with Crippen LogP contribution in [0.25, 0.3) is 11.4 Å². The van der Waals surface area contributed by atoms with Crippen molar-refractivity contribution in [2.24, 2.45) is 5.92 Å². The van der Waals surface area contributed by atoms with Gasteiger partial charge in [0.1, 0.15) is 5.82 Å². The molecule has 2 heterocycles. The number of hydrogen-bond donors (Lipinski definition) is 2. The summed E-state index contributed by atoms with van der Waals surface area (Å²) >= 11 is 0. The van der Waals surface area contributed by atoms with Gasteiger partial charge >= 0.3 is 0 Å². The van der Waals surface area contributed by atoms with Crippen molar-refractivity contribution in [2.45, 2.75) is 33.0 Å². The number of nitrogens with one attached hydrogen (secondary N) is 2. The summed E-state index contributed by atoms with van der Waals surface area (Å²) in [5.41, 5.74) is 2.30. The maximum atomic E-state index is 12.2. The molecule has 7 nitrogen and oxygen atoms in total. The van der Waals surface area contributed by atoms with E-state index in [0.717, 1.165) is 17.7 Å². The predicted octanol–water partition coefficient (Wildman–Crippen LogP) is 1.54. The number of carbonyl (C=O) groups is 1. The zero-order chi connectivity index (χ0) is 19.4. The fraction of sp³-hybridized carbons (Fsp3) is 0.450. The standard InChI is InChI=1S/C20H26N4O3/c1-13(2)18-20(26)21-7-8-24(18)11-14-5-4-6-15(9-14)19-22-16(12-27-3)10-17(25)23-19/h4-6,9-10,13,18H,7-8,11-12H2,1-3H3,(H,21,26)(H,22,23,25). The van der Waals surface area contributed by atoms with Gasteiger partial charge in [0.15, 0.2) is 0 Å². The first-order chi connectivity index (χ1) is 13.0. The van der Waals surface area contributed by atoms with Crippen LogP contribution in [-0.2, 0) is 22.7 Å². The third-order valence-electron chi connectivity index (χ3n) is 4.66. The van der Waals surface area contributed by atoms with E-state index in [4.69, 9.17) is 4.74 Å². The van der Waals surface area contributed by atoms with Gasteiger partial charge in [-0.15, -0.1) is 0 Å². The predicted molar refractivity (Wildman–Crippen MR) is 103 cm³/mol. The molecular weight excluding hydrogens is 344 g/mol. The zero-order valence-corrected chi connectivity index (χ0v) is 16.0. The number of hydrogen-bond acceptors (Lipinski definition) is 5. The molecule has 2 N–H and O–H groups in total. The average molecular weight is 370 g/mol. The van der Waals surface area contributed by atoms with Crippen LogP contribution in [0.4, 0.5) is 0 Å². The van der Waals surface area contributed by atoms with E-state index < -0.39 is 0 Å². The maximum absolute atomic E-state index is 12.2. The molecule has 1 saturated heterocycles. The van der Waals surface area contributed by atoms with E-state index in [1.165, 1.54) is 6.07 Å². The molecule has 1 aliphatic heterocycles. The molecule has 0 aliphatic carbocycles. The number of benzene rings is 1. The highest BCUT2D eigenvalue weighted by Gasteiger charge is 2.31. The monoisotopic (exact) mass is 370 g/mol. The Balaban J connectivity index is 1.86. The van der Waals surface area contributed by atoms with Crippen molar-refractivity contribution in [3.63, 3.8) is 0 Å². The zero-order valence-electron chi connectivity index (χ0n) is 16.0. The Kier molecular flexibility index (Phi) is 6.03. The summed E-state index contributed by atoms with van der Waals surface area (Å²) in [6.45, 7) is 6.57. The first-order valence-electron chi connectivity index (χ1n) is 9.18. The summed E-state index contributed by atoms with van der Waals surface area (Å²) in [5.74, 6) is 0.844.